The molecule has 1 aliphatic heterocycles. The smallest absolute Gasteiger partial charge is 0.410 e. The molecule has 2 unspecified atom stereocenters. The second kappa shape index (κ2) is 4.97. The molecule has 15 heavy (non-hydrogen) atoms. The van der Waals surface area contributed by atoms with Gasteiger partial charge in [0.25, 0.3) is 0 Å². The molecular weight excluding hydrogens is 198 g/mol. The van der Waals surface area contributed by atoms with Crippen LogP contribution in [0.15, 0.2) is 5.16 Å². The summed E-state index contributed by atoms with van der Waals surface area (Å²) in [6.45, 7) is 4.38. The predicted octanol–water partition coefficient (Wildman–Crippen LogP) is 0.395. The Morgan fingerprint density at radius 1 is 1.80 bits per heavy atom. The minimum absolute atomic E-state index is 0.282. The van der Waals surface area contributed by atoms with E-state index in [1.54, 1.807) is 13.8 Å². The van der Waals surface area contributed by atoms with Crippen molar-refractivity contribution in [1.82, 2.24) is 4.90 Å². The van der Waals surface area contributed by atoms with E-state index in [9.17, 15) is 4.79 Å². The summed E-state index contributed by atoms with van der Waals surface area (Å²) < 4.78 is 4.89. The van der Waals surface area contributed by atoms with Crippen molar-refractivity contribution in [2.75, 3.05) is 13.2 Å². The number of carbonyl (C=O) groups excluding carboxylic acids is 1. The topological polar surface area (TPSA) is 88.2 Å². The molecule has 1 fully saturated rings. The van der Waals surface area contributed by atoms with E-state index in [2.05, 4.69) is 5.16 Å². The summed E-state index contributed by atoms with van der Waals surface area (Å²) in [5.74, 6) is 0. The van der Waals surface area contributed by atoms with Gasteiger partial charge in [0.15, 0.2) is 0 Å². The van der Waals surface area contributed by atoms with E-state index in [4.69, 9.17) is 15.7 Å². The Bertz CT molecular complexity index is 267. The van der Waals surface area contributed by atoms with Crippen LogP contribution in [0.25, 0.3) is 0 Å². The second-order valence-electron chi connectivity index (χ2n) is 3.49. The first-order valence-electron chi connectivity index (χ1n) is 5.02. The third-order valence-corrected chi connectivity index (χ3v) is 2.57. The van der Waals surface area contributed by atoms with Crippen molar-refractivity contribution in [2.45, 2.75) is 32.4 Å². The Balaban J connectivity index is 2.73. The monoisotopic (exact) mass is 215 g/mol. The van der Waals surface area contributed by atoms with Gasteiger partial charge >= 0.3 is 6.09 Å². The maximum Gasteiger partial charge on any atom is 0.410 e. The Hall–Kier alpha value is -1.30. The van der Waals surface area contributed by atoms with Crippen LogP contribution in [0.3, 0.4) is 0 Å². The molecule has 1 aliphatic rings. The van der Waals surface area contributed by atoms with Crippen molar-refractivity contribution in [2.24, 2.45) is 10.9 Å². The Morgan fingerprint density at radius 3 is 3.00 bits per heavy atom. The maximum absolute atomic E-state index is 11.5. The summed E-state index contributed by atoms with van der Waals surface area (Å²) >= 11 is 0. The number of nitrogens with two attached hydrogens (primary N) is 1. The number of hydrogen-bond acceptors (Lipinski definition) is 5. The molecule has 6 heteroatoms. The third-order valence-electron chi connectivity index (χ3n) is 2.57. The molecule has 0 aromatic heterocycles. The van der Waals surface area contributed by atoms with Crippen molar-refractivity contribution in [1.29, 1.82) is 0 Å². The van der Waals surface area contributed by atoms with Gasteiger partial charge in [0, 0.05) is 6.54 Å². The zero-order valence-electron chi connectivity index (χ0n) is 9.01. The molecule has 2 atom stereocenters. The molecule has 1 rings (SSSR count). The highest BCUT2D eigenvalue weighted by Gasteiger charge is 2.33. The minimum atomic E-state index is -0.391. The fraction of sp³-hybridized carbons (Fsp3) is 0.778. The van der Waals surface area contributed by atoms with Gasteiger partial charge in [0.2, 0.25) is 0 Å². The Morgan fingerprint density at radius 2 is 2.47 bits per heavy atom. The SMILES string of the molecule is CCOC(=O)N1CCC(N)C(=NO)C1C. The summed E-state index contributed by atoms with van der Waals surface area (Å²) in [6, 6.07) is -0.589. The van der Waals surface area contributed by atoms with E-state index in [-0.39, 0.29) is 12.1 Å². The number of hydrogen-bond donors (Lipinski definition) is 2. The van der Waals surface area contributed by atoms with Gasteiger partial charge in [0.05, 0.1) is 24.4 Å². The number of nitrogens with zero attached hydrogens (tertiary/aromatic N) is 2. The summed E-state index contributed by atoms with van der Waals surface area (Å²) in [6.07, 6.45) is 0.195. The average molecular weight is 215 g/mol. The van der Waals surface area contributed by atoms with Gasteiger partial charge < -0.3 is 15.7 Å². The molecule has 0 aliphatic carbocycles. The highest BCUT2D eigenvalue weighted by Crippen LogP contribution is 2.15. The van der Waals surface area contributed by atoms with Gasteiger partial charge in [-0.05, 0) is 20.3 Å². The van der Waals surface area contributed by atoms with Gasteiger partial charge in [-0.2, -0.15) is 0 Å². The van der Waals surface area contributed by atoms with E-state index in [0.29, 0.717) is 25.3 Å². The third kappa shape index (κ3) is 2.38. The quantitative estimate of drug-likeness (QED) is 0.489. The fourth-order valence-corrected chi connectivity index (χ4v) is 1.70. The lowest BCUT2D eigenvalue weighted by atomic mass is 9.97. The summed E-state index contributed by atoms with van der Waals surface area (Å²) in [5, 5.41) is 11.9. The molecule has 0 saturated carbocycles. The van der Waals surface area contributed by atoms with E-state index >= 15 is 0 Å². The molecule has 0 radical (unpaired) electrons. The molecule has 3 N–H and O–H groups in total. The lowest BCUT2D eigenvalue weighted by molar-refractivity contribution is 0.0971. The van der Waals surface area contributed by atoms with E-state index in [1.165, 1.54) is 4.90 Å². The first-order valence-corrected chi connectivity index (χ1v) is 5.02. The van der Waals surface area contributed by atoms with Crippen molar-refractivity contribution in [3.63, 3.8) is 0 Å². The normalized spacial score (nSPS) is 29.3. The fourth-order valence-electron chi connectivity index (χ4n) is 1.70. The van der Waals surface area contributed by atoms with Gasteiger partial charge in [-0.25, -0.2) is 4.79 Å². The lowest BCUT2D eigenvalue weighted by Gasteiger charge is -2.35. The molecule has 1 saturated heterocycles. The predicted molar refractivity (Wildman–Crippen MR) is 55.0 cm³/mol. The number of likely N-dealkylation sites (tertiary alicyclic amines) is 1. The molecule has 1 heterocycles. The molecule has 1 amide bonds. The van der Waals surface area contributed by atoms with Crippen LogP contribution in [0.1, 0.15) is 20.3 Å². The van der Waals surface area contributed by atoms with Crippen molar-refractivity contribution in [3.8, 4) is 0 Å². The number of rotatable bonds is 1. The molecule has 86 valence electrons. The minimum Gasteiger partial charge on any atom is -0.450 e. The van der Waals surface area contributed by atoms with Crippen molar-refractivity contribution >= 4 is 11.8 Å². The van der Waals surface area contributed by atoms with Crippen LogP contribution in [0.5, 0.6) is 0 Å². The van der Waals surface area contributed by atoms with Crippen molar-refractivity contribution in [3.05, 3.63) is 0 Å². The molecule has 0 aromatic carbocycles. The molecule has 6 nitrogen and oxygen atoms in total. The van der Waals surface area contributed by atoms with Crippen LogP contribution in [0, 0.1) is 0 Å². The van der Waals surface area contributed by atoms with E-state index in [0.717, 1.165) is 0 Å². The molecule has 0 aromatic rings. The highest BCUT2D eigenvalue weighted by molar-refractivity contribution is 5.96. The number of amides is 1. The number of carbonyl (C=O) groups is 1. The number of oxime groups is 1. The van der Waals surface area contributed by atoms with E-state index in [1.807, 2.05) is 0 Å². The van der Waals surface area contributed by atoms with Crippen LogP contribution in [-0.2, 0) is 4.74 Å². The first kappa shape index (κ1) is 11.8. The standard InChI is InChI=1S/C9H17N3O3/c1-3-15-9(13)12-5-4-7(10)8(11-14)6(12)2/h6-7,14H,3-5,10H2,1-2H3. The maximum atomic E-state index is 11.5. The number of ether oxygens (including phenoxy) is 1. The Labute approximate surface area is 88.7 Å². The zero-order chi connectivity index (χ0) is 11.4. The first-order chi connectivity index (χ1) is 7.11. The van der Waals surface area contributed by atoms with E-state index < -0.39 is 6.09 Å². The van der Waals surface area contributed by atoms with Crippen LogP contribution >= 0.6 is 0 Å². The van der Waals surface area contributed by atoms with Crippen LogP contribution in [-0.4, -0.2) is 47.1 Å². The van der Waals surface area contributed by atoms with Gasteiger partial charge in [-0.15, -0.1) is 0 Å². The Kier molecular flexibility index (Phi) is 3.90. The zero-order valence-corrected chi connectivity index (χ0v) is 9.01. The highest BCUT2D eigenvalue weighted by atomic mass is 16.6. The summed E-state index contributed by atoms with van der Waals surface area (Å²) in [5.41, 5.74) is 6.17. The van der Waals surface area contributed by atoms with Crippen LogP contribution in [0.4, 0.5) is 4.79 Å². The molecular formula is C9H17N3O3. The lowest BCUT2D eigenvalue weighted by Crippen LogP contribution is -2.55. The molecule has 0 spiro atoms. The summed E-state index contributed by atoms with van der Waals surface area (Å²) in [4.78, 5) is 13.0. The van der Waals surface area contributed by atoms with Gasteiger partial charge in [-0.3, -0.25) is 4.90 Å². The molecule has 0 bridgehead atoms. The largest absolute Gasteiger partial charge is 0.450 e. The van der Waals surface area contributed by atoms with Crippen molar-refractivity contribution < 1.29 is 14.7 Å². The number of piperidine rings is 1. The second-order valence-corrected chi connectivity index (χ2v) is 3.49. The van der Waals surface area contributed by atoms with Crippen LogP contribution < -0.4 is 5.73 Å². The van der Waals surface area contributed by atoms with Gasteiger partial charge in [-0.1, -0.05) is 5.16 Å². The average Bonchev–Trinajstić information content (AvgIpc) is 2.18. The van der Waals surface area contributed by atoms with Crippen LogP contribution in [0.2, 0.25) is 0 Å². The summed E-state index contributed by atoms with van der Waals surface area (Å²) in [7, 11) is 0. The van der Waals surface area contributed by atoms with Gasteiger partial charge in [0.1, 0.15) is 0 Å².